The molecule has 1 aromatic carbocycles. The molecule has 1 aliphatic carbocycles. The van der Waals surface area contributed by atoms with Gasteiger partial charge in [-0.3, -0.25) is 4.79 Å². The van der Waals surface area contributed by atoms with E-state index in [-0.39, 0.29) is 5.56 Å². The normalized spacial score (nSPS) is 13.1. The van der Waals surface area contributed by atoms with Crippen LogP contribution in [-0.4, -0.2) is 4.98 Å². The van der Waals surface area contributed by atoms with Gasteiger partial charge in [0.1, 0.15) is 11.6 Å². The van der Waals surface area contributed by atoms with Crippen molar-refractivity contribution < 1.29 is 0 Å². The predicted molar refractivity (Wildman–Crippen MR) is 74.0 cm³/mol. The third-order valence-electron chi connectivity index (χ3n) is 3.71. The van der Waals surface area contributed by atoms with Gasteiger partial charge in [0.25, 0.3) is 5.56 Å². The maximum atomic E-state index is 12.0. The van der Waals surface area contributed by atoms with Crippen LogP contribution < -0.4 is 5.56 Å². The highest BCUT2D eigenvalue weighted by Crippen LogP contribution is 2.31. The lowest BCUT2D eigenvalue weighted by molar-refractivity contribution is 0.910. The van der Waals surface area contributed by atoms with Crippen LogP contribution in [0.3, 0.4) is 0 Å². The fourth-order valence-electron chi connectivity index (χ4n) is 2.85. The molecule has 2 aromatic rings. The average molecular weight is 250 g/mol. The van der Waals surface area contributed by atoms with Crippen LogP contribution in [0, 0.1) is 18.3 Å². The second kappa shape index (κ2) is 4.40. The highest BCUT2D eigenvalue weighted by Gasteiger charge is 2.22. The molecule has 3 rings (SSSR count). The Morgan fingerprint density at radius 3 is 2.79 bits per heavy atom. The predicted octanol–water partition coefficient (Wildman–Crippen LogP) is 2.71. The highest BCUT2D eigenvalue weighted by molar-refractivity contribution is 5.67. The van der Waals surface area contributed by atoms with E-state index in [1.807, 2.05) is 31.2 Å². The molecule has 0 saturated heterocycles. The van der Waals surface area contributed by atoms with E-state index in [1.54, 1.807) is 0 Å². The number of fused-ring (bicyclic) bond motifs is 1. The number of hydrogen-bond donors (Lipinski definition) is 1. The van der Waals surface area contributed by atoms with Crippen LogP contribution in [0.2, 0.25) is 0 Å². The smallest absolute Gasteiger partial charge is 0.266 e. The van der Waals surface area contributed by atoms with E-state index < -0.39 is 0 Å². The Labute approximate surface area is 111 Å². The van der Waals surface area contributed by atoms with Gasteiger partial charge < -0.3 is 4.98 Å². The zero-order valence-electron chi connectivity index (χ0n) is 10.8. The van der Waals surface area contributed by atoms with E-state index in [0.29, 0.717) is 5.56 Å². The molecular formula is C16H14N2O. The minimum atomic E-state index is -0.264. The van der Waals surface area contributed by atoms with E-state index in [9.17, 15) is 4.79 Å². The van der Waals surface area contributed by atoms with E-state index in [0.717, 1.165) is 47.2 Å². The van der Waals surface area contributed by atoms with Gasteiger partial charge in [0, 0.05) is 0 Å². The molecule has 1 aliphatic rings. The second-order valence-electron chi connectivity index (χ2n) is 5.00. The molecular weight excluding hydrogens is 236 g/mol. The van der Waals surface area contributed by atoms with E-state index >= 15 is 0 Å². The van der Waals surface area contributed by atoms with Crippen molar-refractivity contribution in [3.05, 3.63) is 56.9 Å². The summed E-state index contributed by atoms with van der Waals surface area (Å²) in [5.74, 6) is 0. The molecule has 0 saturated carbocycles. The Morgan fingerprint density at radius 1 is 1.26 bits per heavy atom. The lowest BCUT2D eigenvalue weighted by atomic mass is 9.99. The van der Waals surface area contributed by atoms with Gasteiger partial charge >= 0.3 is 0 Å². The fraction of sp³-hybridized carbons (Fsp3) is 0.250. The summed E-state index contributed by atoms with van der Waals surface area (Å²) in [4.78, 5) is 14.9. The molecule has 0 spiro atoms. The van der Waals surface area contributed by atoms with Gasteiger partial charge in [-0.2, -0.15) is 5.26 Å². The van der Waals surface area contributed by atoms with Gasteiger partial charge in [-0.05, 0) is 48.9 Å². The topological polar surface area (TPSA) is 56.6 Å². The van der Waals surface area contributed by atoms with Crippen LogP contribution in [0.1, 0.15) is 28.7 Å². The highest BCUT2D eigenvalue weighted by atomic mass is 16.1. The standard InChI is InChI=1S/C16H14N2O/c1-10-4-2-5-11(8-10)15-13-7-3-6-12(13)14(9-17)16(19)18-15/h2,4-5,8H,3,6-7H2,1H3,(H,18,19). The van der Waals surface area contributed by atoms with Crippen LogP contribution in [0.25, 0.3) is 11.3 Å². The van der Waals surface area contributed by atoms with Gasteiger partial charge in [0.2, 0.25) is 0 Å². The number of nitrogens with one attached hydrogen (secondary N) is 1. The number of nitriles is 1. The number of aryl methyl sites for hydroxylation is 1. The molecule has 1 N–H and O–H groups in total. The van der Waals surface area contributed by atoms with E-state index in [4.69, 9.17) is 5.26 Å². The zero-order valence-corrected chi connectivity index (χ0v) is 10.8. The molecule has 94 valence electrons. The number of H-pyrrole nitrogens is 1. The quantitative estimate of drug-likeness (QED) is 0.846. The van der Waals surface area contributed by atoms with E-state index in [2.05, 4.69) is 11.1 Å². The van der Waals surface area contributed by atoms with Crippen LogP contribution in [0.5, 0.6) is 0 Å². The van der Waals surface area contributed by atoms with Crippen LogP contribution in [0.15, 0.2) is 29.1 Å². The summed E-state index contributed by atoms with van der Waals surface area (Å²) in [6.07, 6.45) is 2.78. The third kappa shape index (κ3) is 1.86. The molecule has 0 aliphatic heterocycles. The average Bonchev–Trinajstić information content (AvgIpc) is 2.87. The van der Waals surface area contributed by atoms with Crippen LogP contribution >= 0.6 is 0 Å². The first-order valence-electron chi connectivity index (χ1n) is 6.46. The van der Waals surface area contributed by atoms with Crippen molar-refractivity contribution in [3.8, 4) is 17.3 Å². The number of pyridine rings is 1. The number of benzene rings is 1. The Balaban J connectivity index is 2.30. The van der Waals surface area contributed by atoms with Crippen molar-refractivity contribution >= 4 is 0 Å². The molecule has 0 amide bonds. The van der Waals surface area contributed by atoms with Crippen molar-refractivity contribution in [2.24, 2.45) is 0 Å². The van der Waals surface area contributed by atoms with Crippen LogP contribution in [-0.2, 0) is 12.8 Å². The SMILES string of the molecule is Cc1cccc(-c2[nH]c(=O)c(C#N)c3c2CCC3)c1. The first-order valence-corrected chi connectivity index (χ1v) is 6.46. The first-order chi connectivity index (χ1) is 9.20. The van der Waals surface area contributed by atoms with Crippen molar-refractivity contribution in [1.29, 1.82) is 5.26 Å². The number of nitrogens with zero attached hydrogens (tertiary/aromatic N) is 1. The Morgan fingerprint density at radius 2 is 2.05 bits per heavy atom. The number of aromatic nitrogens is 1. The summed E-state index contributed by atoms with van der Waals surface area (Å²) in [6.45, 7) is 2.03. The van der Waals surface area contributed by atoms with E-state index in [1.165, 1.54) is 0 Å². The lowest BCUT2D eigenvalue weighted by Gasteiger charge is -2.10. The number of rotatable bonds is 1. The molecule has 3 heteroatoms. The van der Waals surface area contributed by atoms with Crippen molar-refractivity contribution in [2.45, 2.75) is 26.2 Å². The minimum Gasteiger partial charge on any atom is -0.321 e. The molecule has 0 radical (unpaired) electrons. The Bertz CT molecular complexity index is 750. The maximum absolute atomic E-state index is 12.0. The molecule has 0 unspecified atom stereocenters. The fourth-order valence-corrected chi connectivity index (χ4v) is 2.85. The molecule has 0 atom stereocenters. The molecule has 1 heterocycles. The van der Waals surface area contributed by atoms with Crippen LogP contribution in [0.4, 0.5) is 0 Å². The largest absolute Gasteiger partial charge is 0.321 e. The summed E-state index contributed by atoms with van der Waals surface area (Å²) in [7, 11) is 0. The molecule has 0 fully saturated rings. The van der Waals surface area contributed by atoms with Crippen molar-refractivity contribution in [2.75, 3.05) is 0 Å². The summed E-state index contributed by atoms with van der Waals surface area (Å²) in [5.41, 5.74) is 5.20. The summed E-state index contributed by atoms with van der Waals surface area (Å²) >= 11 is 0. The number of hydrogen-bond acceptors (Lipinski definition) is 2. The molecule has 1 aromatic heterocycles. The van der Waals surface area contributed by atoms with Gasteiger partial charge in [-0.15, -0.1) is 0 Å². The molecule has 3 nitrogen and oxygen atoms in total. The van der Waals surface area contributed by atoms with Crippen molar-refractivity contribution in [3.63, 3.8) is 0 Å². The number of aromatic amines is 1. The van der Waals surface area contributed by atoms with Gasteiger partial charge in [-0.25, -0.2) is 0 Å². The summed E-state index contributed by atoms with van der Waals surface area (Å²) in [6, 6.07) is 10.1. The van der Waals surface area contributed by atoms with Gasteiger partial charge in [0.05, 0.1) is 5.69 Å². The monoisotopic (exact) mass is 250 g/mol. The Kier molecular flexibility index (Phi) is 2.72. The molecule has 0 bridgehead atoms. The summed E-state index contributed by atoms with van der Waals surface area (Å²) < 4.78 is 0. The van der Waals surface area contributed by atoms with Crippen molar-refractivity contribution in [1.82, 2.24) is 4.98 Å². The lowest BCUT2D eigenvalue weighted by Crippen LogP contribution is -2.15. The molecule has 19 heavy (non-hydrogen) atoms. The van der Waals surface area contributed by atoms with Gasteiger partial charge in [0.15, 0.2) is 0 Å². The minimum absolute atomic E-state index is 0.264. The maximum Gasteiger partial charge on any atom is 0.266 e. The Hall–Kier alpha value is -2.34. The zero-order chi connectivity index (χ0) is 13.4. The second-order valence-corrected chi connectivity index (χ2v) is 5.00. The first kappa shape index (κ1) is 11.7. The summed E-state index contributed by atoms with van der Waals surface area (Å²) in [5, 5.41) is 9.12. The van der Waals surface area contributed by atoms with Gasteiger partial charge in [-0.1, -0.05) is 23.8 Å². The third-order valence-corrected chi connectivity index (χ3v) is 3.71.